The fourth-order valence-electron chi connectivity index (χ4n) is 2.97. The van der Waals surface area contributed by atoms with E-state index in [1.54, 1.807) is 0 Å². The third-order valence-corrected chi connectivity index (χ3v) is 4.65. The van der Waals surface area contributed by atoms with E-state index in [1.807, 2.05) is 0 Å². The molecule has 2 aliphatic carbocycles. The summed E-state index contributed by atoms with van der Waals surface area (Å²) in [5.41, 5.74) is 0.290. The minimum atomic E-state index is -0.708. The number of carboxylic acid groups (broad SMARTS) is 1. The van der Waals surface area contributed by atoms with E-state index in [-0.39, 0.29) is 23.4 Å². The van der Waals surface area contributed by atoms with Crippen molar-refractivity contribution in [3.05, 3.63) is 0 Å². The normalized spacial score (nSPS) is 29.1. The van der Waals surface area contributed by atoms with E-state index in [9.17, 15) is 9.59 Å². The molecule has 5 nitrogen and oxygen atoms in total. The van der Waals surface area contributed by atoms with Crippen LogP contribution < -0.4 is 10.6 Å². The minimum Gasteiger partial charge on any atom is -0.481 e. The van der Waals surface area contributed by atoms with Gasteiger partial charge in [0.1, 0.15) is 0 Å². The predicted octanol–water partition coefficient (Wildman–Crippen LogP) is 2.12. The molecule has 0 saturated heterocycles. The second-order valence-corrected chi connectivity index (χ2v) is 6.38. The Hall–Kier alpha value is -1.26. The fraction of sp³-hybridized carbons (Fsp3) is 0.857. The molecule has 0 aromatic carbocycles. The largest absolute Gasteiger partial charge is 0.481 e. The summed E-state index contributed by atoms with van der Waals surface area (Å²) in [5, 5.41) is 14.8. The van der Waals surface area contributed by atoms with Gasteiger partial charge in [-0.25, -0.2) is 4.79 Å². The molecule has 0 atom stereocenters. The number of carboxylic acids is 1. The van der Waals surface area contributed by atoms with Gasteiger partial charge < -0.3 is 15.7 Å². The summed E-state index contributed by atoms with van der Waals surface area (Å²) in [6.07, 6.45) is 6.51. The topological polar surface area (TPSA) is 78.4 Å². The van der Waals surface area contributed by atoms with Crippen LogP contribution >= 0.6 is 0 Å². The van der Waals surface area contributed by atoms with Crippen molar-refractivity contribution in [1.29, 1.82) is 0 Å². The standard InChI is InChI=1S/C14H24N2O3/c1-14(7-2-8-14)9-15-13(19)16-11-5-3-10(4-6-11)12(17)18/h10-11H,2-9H2,1H3,(H,17,18)(H2,15,16,19). The van der Waals surface area contributed by atoms with Gasteiger partial charge in [-0.05, 0) is 43.9 Å². The maximum absolute atomic E-state index is 11.8. The molecule has 5 heteroatoms. The second kappa shape index (κ2) is 5.80. The Morgan fingerprint density at radius 2 is 1.84 bits per heavy atom. The van der Waals surface area contributed by atoms with E-state index in [4.69, 9.17) is 5.11 Å². The average molecular weight is 268 g/mol. The van der Waals surface area contributed by atoms with Crippen LogP contribution in [-0.2, 0) is 4.79 Å². The van der Waals surface area contributed by atoms with E-state index in [0.717, 1.165) is 19.4 Å². The van der Waals surface area contributed by atoms with E-state index in [0.29, 0.717) is 12.8 Å². The number of nitrogens with one attached hydrogen (secondary N) is 2. The van der Waals surface area contributed by atoms with Crippen LogP contribution in [0.4, 0.5) is 4.79 Å². The van der Waals surface area contributed by atoms with Gasteiger partial charge in [-0.3, -0.25) is 4.79 Å². The molecule has 0 unspecified atom stereocenters. The highest BCUT2D eigenvalue weighted by molar-refractivity contribution is 5.74. The Balaban J connectivity index is 1.64. The van der Waals surface area contributed by atoms with Crippen LogP contribution in [0.3, 0.4) is 0 Å². The number of carbonyl (C=O) groups excluding carboxylic acids is 1. The molecule has 0 aliphatic heterocycles. The summed E-state index contributed by atoms with van der Waals surface area (Å²) in [7, 11) is 0. The number of amides is 2. The monoisotopic (exact) mass is 268 g/mol. The lowest BCUT2D eigenvalue weighted by Crippen LogP contribution is -2.48. The number of aliphatic carboxylic acids is 1. The lowest BCUT2D eigenvalue weighted by Gasteiger charge is -2.38. The van der Waals surface area contributed by atoms with Crippen molar-refractivity contribution in [1.82, 2.24) is 10.6 Å². The summed E-state index contributed by atoms with van der Waals surface area (Å²) in [6.45, 7) is 2.94. The molecule has 3 N–H and O–H groups in total. The number of rotatable bonds is 4. The smallest absolute Gasteiger partial charge is 0.315 e. The first kappa shape index (κ1) is 14.2. The summed E-state index contributed by atoms with van der Waals surface area (Å²) < 4.78 is 0. The highest BCUT2D eigenvalue weighted by Gasteiger charge is 2.32. The van der Waals surface area contributed by atoms with E-state index >= 15 is 0 Å². The van der Waals surface area contributed by atoms with Crippen molar-refractivity contribution in [2.24, 2.45) is 11.3 Å². The zero-order valence-electron chi connectivity index (χ0n) is 11.6. The van der Waals surface area contributed by atoms with Crippen LogP contribution in [0.25, 0.3) is 0 Å². The Labute approximate surface area is 114 Å². The van der Waals surface area contributed by atoms with Crippen molar-refractivity contribution in [2.45, 2.75) is 57.9 Å². The molecule has 2 aliphatic rings. The average Bonchev–Trinajstić information content (AvgIpc) is 2.35. The van der Waals surface area contributed by atoms with Crippen molar-refractivity contribution in [2.75, 3.05) is 6.54 Å². The van der Waals surface area contributed by atoms with E-state index in [1.165, 1.54) is 19.3 Å². The van der Waals surface area contributed by atoms with Crippen LogP contribution in [0.1, 0.15) is 51.9 Å². The second-order valence-electron chi connectivity index (χ2n) is 6.38. The zero-order chi connectivity index (χ0) is 13.9. The number of hydrogen-bond donors (Lipinski definition) is 3. The molecule has 0 heterocycles. The molecule has 0 aromatic heterocycles. The first-order valence-electron chi connectivity index (χ1n) is 7.26. The summed E-state index contributed by atoms with van der Waals surface area (Å²) in [5.74, 6) is -0.934. The third-order valence-electron chi connectivity index (χ3n) is 4.65. The summed E-state index contributed by atoms with van der Waals surface area (Å²) in [4.78, 5) is 22.6. The third kappa shape index (κ3) is 3.85. The van der Waals surface area contributed by atoms with Gasteiger partial charge in [-0.1, -0.05) is 13.3 Å². The highest BCUT2D eigenvalue weighted by Crippen LogP contribution is 2.39. The lowest BCUT2D eigenvalue weighted by molar-refractivity contribution is -0.142. The van der Waals surface area contributed by atoms with Crippen molar-refractivity contribution in [3.8, 4) is 0 Å². The molecular weight excluding hydrogens is 244 g/mol. The quantitative estimate of drug-likeness (QED) is 0.730. The number of carbonyl (C=O) groups is 2. The predicted molar refractivity (Wildman–Crippen MR) is 71.9 cm³/mol. The van der Waals surface area contributed by atoms with Gasteiger partial charge in [0.05, 0.1) is 5.92 Å². The molecule has 19 heavy (non-hydrogen) atoms. The fourth-order valence-corrected chi connectivity index (χ4v) is 2.97. The van der Waals surface area contributed by atoms with Crippen molar-refractivity contribution >= 4 is 12.0 Å². The lowest BCUT2D eigenvalue weighted by atomic mass is 9.70. The molecule has 0 radical (unpaired) electrons. The van der Waals surface area contributed by atoms with Crippen molar-refractivity contribution < 1.29 is 14.7 Å². The Bertz CT molecular complexity index is 345. The van der Waals surface area contributed by atoms with Gasteiger partial charge in [0, 0.05) is 12.6 Å². The van der Waals surface area contributed by atoms with Gasteiger partial charge in [0.2, 0.25) is 0 Å². The van der Waals surface area contributed by atoms with E-state index < -0.39 is 5.97 Å². The molecule has 0 aromatic rings. The molecule has 108 valence electrons. The first-order chi connectivity index (χ1) is 8.98. The van der Waals surface area contributed by atoms with Gasteiger partial charge in [0.25, 0.3) is 0 Å². The van der Waals surface area contributed by atoms with Crippen LogP contribution in [0.5, 0.6) is 0 Å². The molecule has 2 amide bonds. The number of hydrogen-bond acceptors (Lipinski definition) is 2. The molecular formula is C14H24N2O3. The van der Waals surface area contributed by atoms with E-state index in [2.05, 4.69) is 17.6 Å². The van der Waals surface area contributed by atoms with Crippen LogP contribution in [-0.4, -0.2) is 29.7 Å². The molecule has 2 fully saturated rings. The Morgan fingerprint density at radius 1 is 1.21 bits per heavy atom. The van der Waals surface area contributed by atoms with Crippen molar-refractivity contribution in [3.63, 3.8) is 0 Å². The molecule has 2 rings (SSSR count). The van der Waals surface area contributed by atoms with Gasteiger partial charge in [-0.2, -0.15) is 0 Å². The molecule has 2 saturated carbocycles. The van der Waals surface area contributed by atoms with Crippen LogP contribution in [0.2, 0.25) is 0 Å². The Morgan fingerprint density at radius 3 is 2.32 bits per heavy atom. The Kier molecular flexibility index (Phi) is 4.32. The highest BCUT2D eigenvalue weighted by atomic mass is 16.4. The molecule has 0 spiro atoms. The van der Waals surface area contributed by atoms with Gasteiger partial charge in [0.15, 0.2) is 0 Å². The maximum atomic E-state index is 11.8. The van der Waals surface area contributed by atoms with Gasteiger partial charge in [-0.15, -0.1) is 0 Å². The SMILES string of the molecule is CC1(CNC(=O)NC2CCC(C(=O)O)CC2)CCC1. The number of urea groups is 1. The minimum absolute atomic E-state index is 0.105. The molecule has 0 bridgehead atoms. The van der Waals surface area contributed by atoms with Gasteiger partial charge >= 0.3 is 12.0 Å². The first-order valence-corrected chi connectivity index (χ1v) is 7.26. The maximum Gasteiger partial charge on any atom is 0.315 e. The zero-order valence-corrected chi connectivity index (χ0v) is 11.6. The summed E-state index contributed by atoms with van der Waals surface area (Å²) in [6, 6.07) is 0.0247. The van der Waals surface area contributed by atoms with Crippen LogP contribution in [0.15, 0.2) is 0 Å². The summed E-state index contributed by atoms with van der Waals surface area (Å²) >= 11 is 0. The van der Waals surface area contributed by atoms with Crippen LogP contribution in [0, 0.1) is 11.3 Å².